The lowest BCUT2D eigenvalue weighted by molar-refractivity contribution is 1.23. The second kappa shape index (κ2) is 5.04. The predicted octanol–water partition coefficient (Wildman–Crippen LogP) is 4.60. The Hall–Kier alpha value is -1.65. The Morgan fingerprint density at radius 2 is 1.90 bits per heavy atom. The third-order valence-electron chi connectivity index (χ3n) is 3.10. The van der Waals surface area contributed by atoms with E-state index in [1.54, 1.807) is 0 Å². The smallest absolute Gasteiger partial charge is 0.162 e. The van der Waals surface area contributed by atoms with E-state index < -0.39 is 0 Å². The number of nitrogen functional groups attached to an aromatic ring is 1. The highest BCUT2D eigenvalue weighted by molar-refractivity contribution is 9.10. The molecule has 0 bridgehead atoms. The van der Waals surface area contributed by atoms with Crippen molar-refractivity contribution in [1.82, 2.24) is 9.97 Å². The lowest BCUT2D eigenvalue weighted by Gasteiger charge is -2.07. The molecule has 0 fully saturated rings. The van der Waals surface area contributed by atoms with Gasteiger partial charge in [-0.1, -0.05) is 27.5 Å². The molecule has 0 aliphatic rings. The second-order valence-corrected chi connectivity index (χ2v) is 5.88. The van der Waals surface area contributed by atoms with Gasteiger partial charge >= 0.3 is 0 Å². The van der Waals surface area contributed by atoms with E-state index in [4.69, 9.17) is 17.3 Å². The highest BCUT2D eigenvalue weighted by Gasteiger charge is 2.08. The summed E-state index contributed by atoms with van der Waals surface area (Å²) in [6.45, 7) is 1.95. The highest BCUT2D eigenvalue weighted by Crippen LogP contribution is 2.27. The molecule has 20 heavy (non-hydrogen) atoms. The van der Waals surface area contributed by atoms with Crippen LogP contribution in [0.15, 0.2) is 40.9 Å². The molecule has 0 unspecified atom stereocenters. The monoisotopic (exact) mass is 347 g/mol. The Morgan fingerprint density at radius 1 is 1.10 bits per heavy atom. The van der Waals surface area contributed by atoms with Crippen molar-refractivity contribution in [3.63, 3.8) is 0 Å². The van der Waals surface area contributed by atoms with Gasteiger partial charge in [0.15, 0.2) is 5.82 Å². The molecule has 3 nitrogen and oxygen atoms in total. The minimum absolute atomic E-state index is 0.471. The molecule has 0 saturated carbocycles. The van der Waals surface area contributed by atoms with E-state index in [1.807, 2.05) is 43.3 Å². The van der Waals surface area contributed by atoms with Gasteiger partial charge in [0.1, 0.15) is 5.82 Å². The molecule has 2 N–H and O–H groups in total. The van der Waals surface area contributed by atoms with Crippen LogP contribution < -0.4 is 5.73 Å². The number of halogens is 2. The molecule has 1 aromatic heterocycles. The summed E-state index contributed by atoms with van der Waals surface area (Å²) < 4.78 is 0.954. The number of nitrogens with two attached hydrogens (primary N) is 1. The fourth-order valence-corrected chi connectivity index (χ4v) is 2.52. The maximum atomic E-state index is 6.04. The van der Waals surface area contributed by atoms with Gasteiger partial charge in [-0.25, -0.2) is 9.97 Å². The first kappa shape index (κ1) is 13.3. The minimum atomic E-state index is 0.471. The van der Waals surface area contributed by atoms with Crippen molar-refractivity contribution in [1.29, 1.82) is 0 Å². The topological polar surface area (TPSA) is 51.8 Å². The largest absolute Gasteiger partial charge is 0.383 e. The first-order valence-electron chi connectivity index (χ1n) is 6.04. The molecule has 1 heterocycles. The number of aryl methyl sites for hydroxylation is 1. The van der Waals surface area contributed by atoms with Crippen LogP contribution in [-0.4, -0.2) is 9.97 Å². The predicted molar refractivity (Wildman–Crippen MR) is 86.8 cm³/mol. The van der Waals surface area contributed by atoms with Crippen LogP contribution in [0.1, 0.15) is 5.56 Å². The summed E-state index contributed by atoms with van der Waals surface area (Å²) in [5.41, 5.74) is 8.75. The zero-order chi connectivity index (χ0) is 14.3. The van der Waals surface area contributed by atoms with E-state index in [2.05, 4.69) is 25.9 Å². The van der Waals surface area contributed by atoms with Crippen molar-refractivity contribution in [3.8, 4) is 11.4 Å². The number of nitrogens with zero attached hydrogens (tertiary/aromatic N) is 2. The third kappa shape index (κ3) is 2.37. The van der Waals surface area contributed by atoms with E-state index in [-0.39, 0.29) is 0 Å². The summed E-state index contributed by atoms with van der Waals surface area (Å²) in [5.74, 6) is 1.08. The zero-order valence-corrected chi connectivity index (χ0v) is 13.0. The summed E-state index contributed by atoms with van der Waals surface area (Å²) in [6, 6.07) is 11.5. The van der Waals surface area contributed by atoms with Crippen LogP contribution in [0.3, 0.4) is 0 Å². The van der Waals surface area contributed by atoms with Crippen LogP contribution in [0, 0.1) is 6.92 Å². The number of hydrogen-bond acceptors (Lipinski definition) is 3. The minimum Gasteiger partial charge on any atom is -0.383 e. The number of hydrogen-bond donors (Lipinski definition) is 1. The quantitative estimate of drug-likeness (QED) is 0.699. The Morgan fingerprint density at radius 3 is 2.65 bits per heavy atom. The molecule has 2 aromatic carbocycles. The van der Waals surface area contributed by atoms with Crippen molar-refractivity contribution in [2.75, 3.05) is 5.73 Å². The van der Waals surface area contributed by atoms with Gasteiger partial charge < -0.3 is 5.73 Å². The average molecular weight is 349 g/mol. The van der Waals surface area contributed by atoms with E-state index in [0.29, 0.717) is 11.6 Å². The Kier molecular flexibility index (Phi) is 3.36. The number of fused-ring (bicyclic) bond motifs is 1. The highest BCUT2D eigenvalue weighted by atomic mass is 79.9. The molecule has 0 saturated heterocycles. The zero-order valence-electron chi connectivity index (χ0n) is 10.7. The third-order valence-corrected chi connectivity index (χ3v) is 4.02. The van der Waals surface area contributed by atoms with Gasteiger partial charge in [0.25, 0.3) is 0 Å². The van der Waals surface area contributed by atoms with Gasteiger partial charge in [-0.3, -0.25) is 0 Å². The Labute approximate surface area is 129 Å². The van der Waals surface area contributed by atoms with Crippen LogP contribution in [0.25, 0.3) is 22.3 Å². The average Bonchev–Trinajstić information content (AvgIpc) is 2.42. The van der Waals surface area contributed by atoms with Crippen molar-refractivity contribution in [3.05, 3.63) is 51.5 Å². The van der Waals surface area contributed by atoms with E-state index >= 15 is 0 Å². The van der Waals surface area contributed by atoms with Crippen molar-refractivity contribution >= 4 is 44.3 Å². The van der Waals surface area contributed by atoms with Gasteiger partial charge in [0, 0.05) is 20.4 Å². The van der Waals surface area contributed by atoms with Gasteiger partial charge in [-0.05, 0) is 48.9 Å². The number of benzene rings is 2. The van der Waals surface area contributed by atoms with Crippen molar-refractivity contribution in [2.24, 2.45) is 0 Å². The molecule has 0 aliphatic heterocycles. The molecule has 0 radical (unpaired) electrons. The first-order chi connectivity index (χ1) is 9.54. The summed E-state index contributed by atoms with van der Waals surface area (Å²) in [5, 5.41) is 1.57. The summed E-state index contributed by atoms with van der Waals surface area (Å²) >= 11 is 9.46. The fourth-order valence-electron chi connectivity index (χ4n) is 2.04. The SMILES string of the molecule is Cc1cc(-c2nc(N)c3cc(Br)ccc3n2)ccc1Cl. The standard InChI is InChI=1S/C15H11BrClN3/c1-8-6-9(2-4-12(8)17)15-19-13-5-3-10(16)7-11(13)14(18)20-15/h2-7H,1H3,(H2,18,19,20). The normalized spacial score (nSPS) is 10.9. The molecular formula is C15H11BrClN3. The number of anilines is 1. The molecule has 0 aliphatic carbocycles. The molecule has 0 amide bonds. The number of rotatable bonds is 1. The van der Waals surface area contributed by atoms with E-state index in [0.717, 1.165) is 31.5 Å². The van der Waals surface area contributed by atoms with Crippen LogP contribution >= 0.6 is 27.5 Å². The lowest BCUT2D eigenvalue weighted by atomic mass is 10.1. The van der Waals surface area contributed by atoms with Crippen LogP contribution in [0.5, 0.6) is 0 Å². The fraction of sp³-hybridized carbons (Fsp3) is 0.0667. The van der Waals surface area contributed by atoms with Crippen molar-refractivity contribution in [2.45, 2.75) is 6.92 Å². The Bertz CT molecular complexity index is 818. The lowest BCUT2D eigenvalue weighted by Crippen LogP contribution is -1.98. The first-order valence-corrected chi connectivity index (χ1v) is 7.21. The van der Waals surface area contributed by atoms with E-state index in [1.165, 1.54) is 0 Å². The molecule has 3 rings (SSSR count). The maximum Gasteiger partial charge on any atom is 0.162 e. The molecule has 5 heteroatoms. The second-order valence-electron chi connectivity index (χ2n) is 4.56. The van der Waals surface area contributed by atoms with Crippen molar-refractivity contribution < 1.29 is 0 Å². The molecular weight excluding hydrogens is 338 g/mol. The summed E-state index contributed by atoms with van der Waals surface area (Å²) in [7, 11) is 0. The van der Waals surface area contributed by atoms with Crippen LogP contribution in [0.2, 0.25) is 5.02 Å². The number of aromatic nitrogens is 2. The molecule has 3 aromatic rings. The molecule has 0 atom stereocenters. The summed E-state index contributed by atoms with van der Waals surface area (Å²) in [6.07, 6.45) is 0. The molecule has 100 valence electrons. The van der Waals surface area contributed by atoms with Crippen LogP contribution in [0.4, 0.5) is 5.82 Å². The van der Waals surface area contributed by atoms with Gasteiger partial charge in [-0.15, -0.1) is 0 Å². The molecule has 0 spiro atoms. The van der Waals surface area contributed by atoms with Crippen LogP contribution in [-0.2, 0) is 0 Å². The van der Waals surface area contributed by atoms with Gasteiger partial charge in [0.2, 0.25) is 0 Å². The summed E-state index contributed by atoms with van der Waals surface area (Å²) in [4.78, 5) is 8.95. The van der Waals surface area contributed by atoms with E-state index in [9.17, 15) is 0 Å². The van der Waals surface area contributed by atoms with Gasteiger partial charge in [0.05, 0.1) is 5.52 Å². The van der Waals surface area contributed by atoms with Gasteiger partial charge in [-0.2, -0.15) is 0 Å². The Balaban J connectivity index is 2.21. The maximum absolute atomic E-state index is 6.04.